The number of benzene rings is 2. The maximum absolute atomic E-state index is 13.2. The highest BCUT2D eigenvalue weighted by molar-refractivity contribution is 9.10. The summed E-state index contributed by atoms with van der Waals surface area (Å²) in [5, 5.41) is 3.18. The molecule has 1 aliphatic carbocycles. The summed E-state index contributed by atoms with van der Waals surface area (Å²) in [6.07, 6.45) is 5.59. The van der Waals surface area contributed by atoms with Gasteiger partial charge in [-0.1, -0.05) is 59.5 Å². The first kappa shape index (κ1) is 25.6. The van der Waals surface area contributed by atoms with E-state index in [1.54, 1.807) is 23.8 Å². The second kappa shape index (κ2) is 13.0. The van der Waals surface area contributed by atoms with E-state index in [0.717, 1.165) is 47.2 Å². The maximum Gasteiger partial charge on any atom is 0.242 e. The first-order valence-corrected chi connectivity index (χ1v) is 13.5. The molecule has 0 aliphatic heterocycles. The quantitative estimate of drug-likeness (QED) is 0.435. The Labute approximate surface area is 209 Å². The molecule has 0 bridgehead atoms. The topological polar surface area (TPSA) is 58.6 Å². The summed E-state index contributed by atoms with van der Waals surface area (Å²) in [6, 6.07) is 15.5. The van der Waals surface area contributed by atoms with Crippen LogP contribution < -0.4 is 10.1 Å². The van der Waals surface area contributed by atoms with Gasteiger partial charge < -0.3 is 15.0 Å². The number of methoxy groups -OCH3 is 1. The van der Waals surface area contributed by atoms with Crippen LogP contribution >= 0.6 is 27.7 Å². The zero-order valence-corrected chi connectivity index (χ0v) is 21.8. The van der Waals surface area contributed by atoms with Gasteiger partial charge in [0, 0.05) is 22.8 Å². The van der Waals surface area contributed by atoms with Gasteiger partial charge in [-0.3, -0.25) is 9.59 Å². The lowest BCUT2D eigenvalue weighted by atomic mass is 9.95. The van der Waals surface area contributed by atoms with Crippen LogP contribution in [-0.4, -0.2) is 41.7 Å². The fourth-order valence-corrected chi connectivity index (χ4v) is 5.13. The molecule has 1 N–H and O–H groups in total. The molecular weight excluding hydrogens is 500 g/mol. The third-order valence-electron chi connectivity index (χ3n) is 6.04. The maximum atomic E-state index is 13.2. The number of carbonyl (C=O) groups excluding carboxylic acids is 2. The van der Waals surface area contributed by atoms with E-state index < -0.39 is 6.04 Å². The van der Waals surface area contributed by atoms with Crippen LogP contribution in [0.1, 0.15) is 50.2 Å². The van der Waals surface area contributed by atoms with Crippen molar-refractivity contribution in [1.29, 1.82) is 0 Å². The molecule has 3 rings (SSSR count). The number of halogens is 1. The minimum absolute atomic E-state index is 0.0285. The number of carbonyl (C=O) groups is 2. The molecule has 0 spiro atoms. The summed E-state index contributed by atoms with van der Waals surface area (Å²) in [4.78, 5) is 28.0. The Balaban J connectivity index is 1.65. The average molecular weight is 534 g/mol. The lowest BCUT2D eigenvalue weighted by Gasteiger charge is -2.31. The summed E-state index contributed by atoms with van der Waals surface area (Å²) in [6.45, 7) is 2.22. The van der Waals surface area contributed by atoms with Gasteiger partial charge in [0.25, 0.3) is 0 Å². The molecule has 2 aromatic rings. The Hall–Kier alpha value is -1.99. The normalized spacial score (nSPS) is 15.0. The Kier molecular flexibility index (Phi) is 10.1. The molecule has 0 aromatic heterocycles. The molecule has 1 aliphatic rings. The highest BCUT2D eigenvalue weighted by Gasteiger charge is 2.28. The van der Waals surface area contributed by atoms with E-state index in [4.69, 9.17) is 4.74 Å². The molecule has 0 saturated heterocycles. The summed E-state index contributed by atoms with van der Waals surface area (Å²) in [5.41, 5.74) is 2.14. The number of rotatable bonds is 10. The molecule has 33 heavy (non-hydrogen) atoms. The fraction of sp³-hybridized carbons (Fsp3) is 0.462. The highest BCUT2D eigenvalue weighted by Crippen LogP contribution is 2.21. The molecule has 178 valence electrons. The first-order valence-electron chi connectivity index (χ1n) is 11.5. The summed E-state index contributed by atoms with van der Waals surface area (Å²) in [5.74, 6) is 1.75. The second-order valence-electron chi connectivity index (χ2n) is 8.51. The van der Waals surface area contributed by atoms with Crippen molar-refractivity contribution in [2.75, 3.05) is 12.9 Å². The van der Waals surface area contributed by atoms with Crippen molar-refractivity contribution in [3.8, 4) is 5.75 Å². The summed E-state index contributed by atoms with van der Waals surface area (Å²) >= 11 is 5.02. The van der Waals surface area contributed by atoms with Crippen LogP contribution in [0.5, 0.6) is 5.75 Å². The van der Waals surface area contributed by atoms with Gasteiger partial charge in [-0.15, -0.1) is 11.8 Å². The zero-order valence-electron chi connectivity index (χ0n) is 19.4. The van der Waals surface area contributed by atoms with Crippen molar-refractivity contribution in [3.63, 3.8) is 0 Å². The van der Waals surface area contributed by atoms with E-state index in [1.807, 2.05) is 43.3 Å². The van der Waals surface area contributed by atoms with Crippen LogP contribution in [0.4, 0.5) is 0 Å². The summed E-state index contributed by atoms with van der Waals surface area (Å²) < 4.78 is 6.28. The summed E-state index contributed by atoms with van der Waals surface area (Å²) in [7, 11) is 1.63. The average Bonchev–Trinajstić information content (AvgIpc) is 2.84. The molecule has 0 heterocycles. The number of nitrogens with one attached hydrogen (secondary N) is 1. The monoisotopic (exact) mass is 532 g/mol. The minimum Gasteiger partial charge on any atom is -0.497 e. The van der Waals surface area contributed by atoms with Crippen LogP contribution in [0.2, 0.25) is 0 Å². The van der Waals surface area contributed by atoms with Crippen LogP contribution in [0.15, 0.2) is 53.0 Å². The van der Waals surface area contributed by atoms with Crippen molar-refractivity contribution >= 4 is 39.5 Å². The minimum atomic E-state index is -0.533. The Morgan fingerprint density at radius 1 is 1.06 bits per heavy atom. The smallest absolute Gasteiger partial charge is 0.242 e. The molecule has 0 unspecified atom stereocenters. The molecule has 2 amide bonds. The number of amides is 2. The van der Waals surface area contributed by atoms with E-state index in [2.05, 4.69) is 33.4 Å². The van der Waals surface area contributed by atoms with Crippen LogP contribution in [0.25, 0.3) is 0 Å². The number of thioether (sulfide) groups is 1. The molecule has 1 fully saturated rings. The van der Waals surface area contributed by atoms with Gasteiger partial charge >= 0.3 is 0 Å². The molecule has 7 heteroatoms. The van der Waals surface area contributed by atoms with Gasteiger partial charge in [0.05, 0.1) is 12.9 Å². The molecule has 5 nitrogen and oxygen atoms in total. The molecule has 0 radical (unpaired) electrons. The van der Waals surface area contributed by atoms with E-state index in [0.29, 0.717) is 12.3 Å². The SMILES string of the molecule is COc1ccc(CN(C(=O)CSCc2ccc(Br)cc2)[C@@H](C)C(=O)NC2CCCCC2)cc1. The van der Waals surface area contributed by atoms with Gasteiger partial charge in [-0.25, -0.2) is 0 Å². The first-order chi connectivity index (χ1) is 16.0. The number of hydrogen-bond acceptors (Lipinski definition) is 4. The van der Waals surface area contributed by atoms with Gasteiger partial charge in [-0.05, 0) is 55.2 Å². The van der Waals surface area contributed by atoms with Gasteiger partial charge in [0.2, 0.25) is 11.8 Å². The van der Waals surface area contributed by atoms with E-state index in [9.17, 15) is 9.59 Å². The van der Waals surface area contributed by atoms with Crippen molar-refractivity contribution in [2.24, 2.45) is 0 Å². The third-order valence-corrected chi connectivity index (χ3v) is 7.56. The van der Waals surface area contributed by atoms with Gasteiger partial charge in [0.15, 0.2) is 0 Å². The Morgan fingerprint density at radius 2 is 1.70 bits per heavy atom. The molecule has 1 saturated carbocycles. The van der Waals surface area contributed by atoms with Crippen LogP contribution in [0.3, 0.4) is 0 Å². The van der Waals surface area contributed by atoms with E-state index >= 15 is 0 Å². The van der Waals surface area contributed by atoms with Crippen LogP contribution in [0, 0.1) is 0 Å². The second-order valence-corrected chi connectivity index (χ2v) is 10.4. The third kappa shape index (κ3) is 8.07. The molecule has 2 aromatic carbocycles. The molecule has 1 atom stereocenters. The highest BCUT2D eigenvalue weighted by atomic mass is 79.9. The lowest BCUT2D eigenvalue weighted by molar-refractivity contribution is -0.139. The fourth-order valence-electron chi connectivity index (χ4n) is 4.00. The van der Waals surface area contributed by atoms with Crippen LogP contribution in [-0.2, 0) is 21.9 Å². The Bertz CT molecular complexity index is 899. The van der Waals surface area contributed by atoms with E-state index in [-0.39, 0.29) is 17.9 Å². The Morgan fingerprint density at radius 3 is 2.33 bits per heavy atom. The number of ether oxygens (including phenoxy) is 1. The lowest BCUT2D eigenvalue weighted by Crippen LogP contribution is -2.50. The number of nitrogens with zero attached hydrogens (tertiary/aromatic N) is 1. The van der Waals surface area contributed by atoms with Crippen molar-refractivity contribution < 1.29 is 14.3 Å². The van der Waals surface area contributed by atoms with Crippen molar-refractivity contribution in [3.05, 3.63) is 64.1 Å². The largest absolute Gasteiger partial charge is 0.497 e. The zero-order chi connectivity index (χ0) is 23.6. The van der Waals surface area contributed by atoms with E-state index in [1.165, 1.54) is 12.0 Å². The number of hydrogen-bond donors (Lipinski definition) is 1. The van der Waals surface area contributed by atoms with Crippen molar-refractivity contribution in [1.82, 2.24) is 10.2 Å². The molecular formula is C26H33BrN2O3S. The van der Waals surface area contributed by atoms with Gasteiger partial charge in [-0.2, -0.15) is 0 Å². The van der Waals surface area contributed by atoms with Crippen molar-refractivity contribution in [2.45, 2.75) is 63.4 Å². The van der Waals surface area contributed by atoms with Gasteiger partial charge in [0.1, 0.15) is 11.8 Å². The predicted molar refractivity (Wildman–Crippen MR) is 138 cm³/mol. The predicted octanol–water partition coefficient (Wildman–Crippen LogP) is 5.56. The standard InChI is InChI=1S/C26H33BrN2O3S/c1-19(26(31)28-23-6-4-3-5-7-23)29(16-20-10-14-24(32-2)15-11-20)25(30)18-33-17-21-8-12-22(27)13-9-21/h8-15,19,23H,3-7,16-18H2,1-2H3,(H,28,31)/t19-/m0/s1.